The van der Waals surface area contributed by atoms with Gasteiger partial charge in [-0.05, 0) is 19.3 Å². The van der Waals surface area contributed by atoms with Gasteiger partial charge < -0.3 is 19.9 Å². The minimum atomic E-state index is -0.391. The molecule has 2 N–H and O–H groups in total. The Labute approximate surface area is 124 Å². The summed E-state index contributed by atoms with van der Waals surface area (Å²) in [4.78, 5) is 0. The normalized spacial score (nSPS) is 18.3. The lowest BCUT2D eigenvalue weighted by Crippen LogP contribution is -2.40. The van der Waals surface area contributed by atoms with E-state index in [9.17, 15) is 5.11 Å². The fourth-order valence-corrected chi connectivity index (χ4v) is 2.47. The van der Waals surface area contributed by atoms with E-state index in [1.54, 1.807) is 0 Å². The lowest BCUT2D eigenvalue weighted by Gasteiger charge is -2.24. The van der Waals surface area contributed by atoms with Gasteiger partial charge in [0.2, 0.25) is 0 Å². The molecule has 0 aliphatic carbocycles. The van der Waals surface area contributed by atoms with Crippen molar-refractivity contribution in [3.05, 3.63) is 0 Å². The van der Waals surface area contributed by atoms with E-state index in [0.29, 0.717) is 19.2 Å². The molecule has 1 aliphatic heterocycles. The molecule has 0 spiro atoms. The third kappa shape index (κ3) is 9.70. The van der Waals surface area contributed by atoms with E-state index in [1.807, 2.05) is 0 Å². The maximum atomic E-state index is 9.83. The summed E-state index contributed by atoms with van der Waals surface area (Å²) in [7, 11) is 0. The summed E-state index contributed by atoms with van der Waals surface area (Å²) in [6.45, 7) is 5.76. The van der Waals surface area contributed by atoms with Crippen molar-refractivity contribution in [1.29, 1.82) is 0 Å². The Balaban J connectivity index is 1.83. The monoisotopic (exact) mass is 287 g/mol. The first kappa shape index (κ1) is 17.9. The molecule has 4 nitrogen and oxygen atoms in total. The first-order valence-electron chi connectivity index (χ1n) is 8.40. The summed E-state index contributed by atoms with van der Waals surface area (Å²) in [6, 6.07) is 0.497. The maximum absolute atomic E-state index is 9.83. The minimum Gasteiger partial charge on any atom is -0.389 e. The Morgan fingerprint density at radius 3 is 2.60 bits per heavy atom. The second kappa shape index (κ2) is 12.6. The van der Waals surface area contributed by atoms with Crippen LogP contribution in [0.1, 0.15) is 58.3 Å². The number of rotatable bonds is 12. The van der Waals surface area contributed by atoms with Gasteiger partial charge in [0.1, 0.15) is 0 Å². The predicted octanol–water partition coefficient (Wildman–Crippen LogP) is 2.49. The van der Waals surface area contributed by atoms with Gasteiger partial charge in [-0.3, -0.25) is 0 Å². The number of hydrogen-bond acceptors (Lipinski definition) is 4. The zero-order valence-electron chi connectivity index (χ0n) is 13.1. The van der Waals surface area contributed by atoms with Gasteiger partial charge in [0, 0.05) is 32.4 Å². The van der Waals surface area contributed by atoms with Crippen LogP contribution < -0.4 is 5.32 Å². The molecule has 0 bridgehead atoms. The van der Waals surface area contributed by atoms with E-state index in [-0.39, 0.29) is 0 Å². The molecule has 20 heavy (non-hydrogen) atoms. The van der Waals surface area contributed by atoms with E-state index >= 15 is 0 Å². The van der Waals surface area contributed by atoms with Crippen LogP contribution in [0.2, 0.25) is 0 Å². The number of ether oxygens (including phenoxy) is 2. The summed E-state index contributed by atoms with van der Waals surface area (Å²) in [5.74, 6) is 0. The first-order chi connectivity index (χ1) is 9.83. The van der Waals surface area contributed by atoms with Crippen molar-refractivity contribution in [3.63, 3.8) is 0 Å². The average Bonchev–Trinajstić information content (AvgIpc) is 2.49. The maximum Gasteiger partial charge on any atom is 0.0897 e. The molecular formula is C16H33NO3. The van der Waals surface area contributed by atoms with Crippen molar-refractivity contribution in [1.82, 2.24) is 5.32 Å². The van der Waals surface area contributed by atoms with E-state index in [0.717, 1.165) is 39.1 Å². The van der Waals surface area contributed by atoms with Gasteiger partial charge in [-0.2, -0.15) is 0 Å². The molecule has 1 atom stereocenters. The third-order valence-electron chi connectivity index (χ3n) is 3.82. The van der Waals surface area contributed by atoms with Gasteiger partial charge in [-0.1, -0.05) is 39.0 Å². The fourth-order valence-electron chi connectivity index (χ4n) is 2.47. The second-order valence-corrected chi connectivity index (χ2v) is 5.79. The highest BCUT2D eigenvalue weighted by Gasteiger charge is 2.14. The number of hydrogen-bond donors (Lipinski definition) is 2. The van der Waals surface area contributed by atoms with Gasteiger partial charge in [0.25, 0.3) is 0 Å². The molecule has 1 fully saturated rings. The van der Waals surface area contributed by atoms with Crippen LogP contribution in [-0.2, 0) is 9.47 Å². The van der Waals surface area contributed by atoms with Crippen molar-refractivity contribution >= 4 is 0 Å². The molecule has 0 aromatic rings. The smallest absolute Gasteiger partial charge is 0.0897 e. The van der Waals surface area contributed by atoms with Crippen LogP contribution in [0.5, 0.6) is 0 Å². The van der Waals surface area contributed by atoms with Crippen molar-refractivity contribution in [2.45, 2.75) is 70.4 Å². The van der Waals surface area contributed by atoms with Crippen molar-refractivity contribution < 1.29 is 14.6 Å². The van der Waals surface area contributed by atoms with Gasteiger partial charge in [-0.15, -0.1) is 0 Å². The van der Waals surface area contributed by atoms with Crippen molar-refractivity contribution in [2.24, 2.45) is 0 Å². The SMILES string of the molecule is CCCCCCCCOCC(O)CNC1CCOCC1. The number of nitrogens with one attached hydrogen (secondary N) is 1. The summed E-state index contributed by atoms with van der Waals surface area (Å²) >= 11 is 0. The molecule has 0 aromatic heterocycles. The van der Waals surface area contributed by atoms with Gasteiger partial charge in [-0.25, -0.2) is 0 Å². The van der Waals surface area contributed by atoms with Crippen molar-refractivity contribution in [2.75, 3.05) is 33.0 Å². The summed E-state index contributed by atoms with van der Waals surface area (Å²) in [5.41, 5.74) is 0. The van der Waals surface area contributed by atoms with Gasteiger partial charge in [0.05, 0.1) is 12.7 Å². The van der Waals surface area contributed by atoms with Crippen molar-refractivity contribution in [3.8, 4) is 0 Å². The summed E-state index contributed by atoms with van der Waals surface area (Å²) in [6.07, 6.45) is 9.36. The third-order valence-corrected chi connectivity index (χ3v) is 3.82. The van der Waals surface area contributed by atoms with Crippen LogP contribution in [0.25, 0.3) is 0 Å². The van der Waals surface area contributed by atoms with Gasteiger partial charge >= 0.3 is 0 Å². The molecule has 0 saturated carbocycles. The van der Waals surface area contributed by atoms with Crippen LogP contribution in [0.4, 0.5) is 0 Å². The Hall–Kier alpha value is -0.160. The Morgan fingerprint density at radius 2 is 1.85 bits per heavy atom. The molecule has 1 unspecified atom stereocenters. The molecule has 0 radical (unpaired) electrons. The highest BCUT2D eigenvalue weighted by atomic mass is 16.5. The predicted molar refractivity (Wildman–Crippen MR) is 82.0 cm³/mol. The zero-order chi connectivity index (χ0) is 14.5. The summed E-state index contributed by atoms with van der Waals surface area (Å²) in [5, 5.41) is 13.2. The van der Waals surface area contributed by atoms with E-state index in [1.165, 1.54) is 32.1 Å². The minimum absolute atomic E-state index is 0.391. The topological polar surface area (TPSA) is 50.7 Å². The number of aliphatic hydroxyl groups is 1. The number of unbranched alkanes of at least 4 members (excludes halogenated alkanes) is 5. The molecule has 1 aliphatic rings. The highest BCUT2D eigenvalue weighted by molar-refractivity contribution is 4.72. The summed E-state index contributed by atoms with van der Waals surface area (Å²) < 4.78 is 10.8. The van der Waals surface area contributed by atoms with Crippen LogP contribution in [0, 0.1) is 0 Å². The van der Waals surface area contributed by atoms with Crippen LogP contribution >= 0.6 is 0 Å². The number of aliphatic hydroxyl groups excluding tert-OH is 1. The molecule has 120 valence electrons. The second-order valence-electron chi connectivity index (χ2n) is 5.79. The molecule has 1 saturated heterocycles. The molecule has 0 aromatic carbocycles. The quantitative estimate of drug-likeness (QED) is 0.542. The molecular weight excluding hydrogens is 254 g/mol. The standard InChI is InChI=1S/C16H33NO3/c1-2-3-4-5-6-7-10-20-14-16(18)13-17-15-8-11-19-12-9-15/h15-18H,2-14H2,1H3. The van der Waals surface area contributed by atoms with E-state index in [4.69, 9.17) is 9.47 Å². The van der Waals surface area contributed by atoms with Crippen LogP contribution in [0.15, 0.2) is 0 Å². The van der Waals surface area contributed by atoms with Crippen LogP contribution in [-0.4, -0.2) is 50.2 Å². The highest BCUT2D eigenvalue weighted by Crippen LogP contribution is 2.06. The van der Waals surface area contributed by atoms with Gasteiger partial charge in [0.15, 0.2) is 0 Å². The van der Waals surface area contributed by atoms with E-state index in [2.05, 4.69) is 12.2 Å². The van der Waals surface area contributed by atoms with Crippen LogP contribution in [0.3, 0.4) is 0 Å². The Morgan fingerprint density at radius 1 is 1.15 bits per heavy atom. The van der Waals surface area contributed by atoms with E-state index < -0.39 is 6.10 Å². The lowest BCUT2D eigenvalue weighted by atomic mass is 10.1. The molecule has 4 heteroatoms. The molecule has 0 amide bonds. The lowest BCUT2D eigenvalue weighted by molar-refractivity contribution is 0.0285. The Kier molecular flexibility index (Phi) is 11.2. The largest absolute Gasteiger partial charge is 0.389 e. The zero-order valence-corrected chi connectivity index (χ0v) is 13.1. The Bertz CT molecular complexity index is 208. The first-order valence-corrected chi connectivity index (χ1v) is 8.40. The average molecular weight is 287 g/mol. The molecule has 1 heterocycles. The molecule has 1 rings (SSSR count). The fraction of sp³-hybridized carbons (Fsp3) is 1.00.